The highest BCUT2D eigenvalue weighted by molar-refractivity contribution is 5.51. The molecule has 0 aromatic heterocycles. The Morgan fingerprint density at radius 3 is 2.78 bits per heavy atom. The standard InChI is InChI=1S/C15H24N2O/c1-15(2)8-10-17(12-15)9-5-11-18-14-7-4-3-6-13(14)16/h3-4,6-7H,5,8-12,16H2,1-2H3. The van der Waals surface area contributed by atoms with Gasteiger partial charge in [0.2, 0.25) is 0 Å². The van der Waals surface area contributed by atoms with E-state index < -0.39 is 0 Å². The first-order chi connectivity index (χ1) is 8.57. The third kappa shape index (κ3) is 3.64. The lowest BCUT2D eigenvalue weighted by atomic mass is 9.93. The molecule has 2 rings (SSSR count). The second kappa shape index (κ2) is 5.61. The molecular weight excluding hydrogens is 224 g/mol. The molecule has 3 nitrogen and oxygen atoms in total. The molecule has 1 aliphatic heterocycles. The van der Waals surface area contributed by atoms with Gasteiger partial charge in [0.1, 0.15) is 5.75 Å². The fourth-order valence-electron chi connectivity index (χ4n) is 2.50. The molecule has 0 spiro atoms. The van der Waals surface area contributed by atoms with Crippen molar-refractivity contribution < 1.29 is 4.74 Å². The fourth-order valence-corrected chi connectivity index (χ4v) is 2.50. The number of para-hydroxylation sites is 2. The van der Waals surface area contributed by atoms with Gasteiger partial charge in [-0.1, -0.05) is 26.0 Å². The Hall–Kier alpha value is -1.22. The Labute approximate surface area is 110 Å². The van der Waals surface area contributed by atoms with Crippen molar-refractivity contribution in [1.82, 2.24) is 4.90 Å². The minimum absolute atomic E-state index is 0.491. The summed E-state index contributed by atoms with van der Waals surface area (Å²) in [4.78, 5) is 2.53. The van der Waals surface area contributed by atoms with E-state index in [1.807, 2.05) is 24.3 Å². The van der Waals surface area contributed by atoms with Crippen LogP contribution in [0, 0.1) is 5.41 Å². The van der Waals surface area contributed by atoms with Crippen molar-refractivity contribution in [2.45, 2.75) is 26.7 Å². The molecule has 0 aliphatic carbocycles. The Morgan fingerprint density at radius 1 is 1.33 bits per heavy atom. The SMILES string of the molecule is CC1(C)CCN(CCCOc2ccccc2N)C1. The van der Waals surface area contributed by atoms with Crippen molar-refractivity contribution >= 4 is 5.69 Å². The molecule has 0 bridgehead atoms. The number of nitrogen functional groups attached to an aromatic ring is 1. The number of hydrogen-bond acceptors (Lipinski definition) is 3. The number of benzene rings is 1. The summed E-state index contributed by atoms with van der Waals surface area (Å²) >= 11 is 0. The molecule has 0 amide bonds. The van der Waals surface area contributed by atoms with E-state index in [9.17, 15) is 0 Å². The molecule has 1 fully saturated rings. The van der Waals surface area contributed by atoms with Crippen molar-refractivity contribution in [3.8, 4) is 5.75 Å². The topological polar surface area (TPSA) is 38.5 Å². The first kappa shape index (κ1) is 13.2. The minimum atomic E-state index is 0.491. The predicted octanol–water partition coefficient (Wildman–Crippen LogP) is 2.77. The number of ether oxygens (including phenoxy) is 1. The van der Waals surface area contributed by atoms with E-state index in [1.54, 1.807) is 0 Å². The summed E-state index contributed by atoms with van der Waals surface area (Å²) in [6, 6.07) is 7.68. The molecular formula is C15H24N2O. The highest BCUT2D eigenvalue weighted by Gasteiger charge is 2.28. The Balaban J connectivity index is 1.67. The normalized spacial score (nSPS) is 19.0. The van der Waals surface area contributed by atoms with Crippen molar-refractivity contribution in [3.63, 3.8) is 0 Å². The number of anilines is 1. The maximum atomic E-state index is 5.83. The summed E-state index contributed by atoms with van der Waals surface area (Å²) in [7, 11) is 0. The zero-order valence-corrected chi connectivity index (χ0v) is 11.5. The minimum Gasteiger partial charge on any atom is -0.491 e. The molecule has 1 aromatic rings. The summed E-state index contributed by atoms with van der Waals surface area (Å²) in [5.41, 5.74) is 7.04. The molecule has 100 valence electrons. The summed E-state index contributed by atoms with van der Waals surface area (Å²) in [5, 5.41) is 0. The third-order valence-electron chi connectivity index (χ3n) is 3.55. The Kier molecular flexibility index (Phi) is 4.12. The van der Waals surface area contributed by atoms with Crippen LogP contribution in [-0.4, -0.2) is 31.1 Å². The van der Waals surface area contributed by atoms with Crippen LogP contribution in [0.4, 0.5) is 5.69 Å². The van der Waals surface area contributed by atoms with Gasteiger partial charge < -0.3 is 15.4 Å². The van der Waals surface area contributed by atoms with E-state index in [4.69, 9.17) is 10.5 Å². The van der Waals surface area contributed by atoms with Crippen LogP contribution in [0.1, 0.15) is 26.7 Å². The molecule has 0 radical (unpaired) electrons. The maximum Gasteiger partial charge on any atom is 0.142 e. The fraction of sp³-hybridized carbons (Fsp3) is 0.600. The molecule has 18 heavy (non-hydrogen) atoms. The number of rotatable bonds is 5. The Bertz CT molecular complexity index is 390. The van der Waals surface area contributed by atoms with Gasteiger partial charge in [-0.2, -0.15) is 0 Å². The summed E-state index contributed by atoms with van der Waals surface area (Å²) in [6.45, 7) is 8.98. The van der Waals surface area contributed by atoms with Gasteiger partial charge in [0.05, 0.1) is 12.3 Å². The zero-order valence-electron chi connectivity index (χ0n) is 11.5. The van der Waals surface area contributed by atoms with Gasteiger partial charge in [0.25, 0.3) is 0 Å². The van der Waals surface area contributed by atoms with Crippen molar-refractivity contribution in [1.29, 1.82) is 0 Å². The average molecular weight is 248 g/mol. The zero-order chi connectivity index (χ0) is 13.0. The molecule has 1 saturated heterocycles. The van der Waals surface area contributed by atoms with Crippen molar-refractivity contribution in [3.05, 3.63) is 24.3 Å². The van der Waals surface area contributed by atoms with Crippen LogP contribution in [-0.2, 0) is 0 Å². The quantitative estimate of drug-likeness (QED) is 0.643. The highest BCUT2D eigenvalue weighted by Crippen LogP contribution is 2.28. The van der Waals surface area contributed by atoms with Crippen LogP contribution in [0.3, 0.4) is 0 Å². The van der Waals surface area contributed by atoms with Crippen LogP contribution in [0.15, 0.2) is 24.3 Å². The lowest BCUT2D eigenvalue weighted by Gasteiger charge is -2.19. The second-order valence-electron chi connectivity index (χ2n) is 5.93. The van der Waals surface area contributed by atoms with Crippen LogP contribution in [0.5, 0.6) is 5.75 Å². The monoisotopic (exact) mass is 248 g/mol. The van der Waals surface area contributed by atoms with Gasteiger partial charge in [-0.3, -0.25) is 0 Å². The van der Waals surface area contributed by atoms with Crippen LogP contribution in [0.2, 0.25) is 0 Å². The van der Waals surface area contributed by atoms with Crippen LogP contribution < -0.4 is 10.5 Å². The molecule has 1 heterocycles. The largest absolute Gasteiger partial charge is 0.491 e. The Morgan fingerprint density at radius 2 is 2.11 bits per heavy atom. The lowest BCUT2D eigenvalue weighted by molar-refractivity contribution is 0.247. The van der Waals surface area contributed by atoms with Crippen molar-refractivity contribution in [2.75, 3.05) is 32.0 Å². The van der Waals surface area contributed by atoms with Gasteiger partial charge in [0.15, 0.2) is 0 Å². The van der Waals surface area contributed by atoms with Gasteiger partial charge in [-0.15, -0.1) is 0 Å². The number of nitrogens with two attached hydrogens (primary N) is 1. The van der Waals surface area contributed by atoms with E-state index in [-0.39, 0.29) is 0 Å². The third-order valence-corrected chi connectivity index (χ3v) is 3.55. The molecule has 1 aliphatic rings. The average Bonchev–Trinajstić information content (AvgIpc) is 2.67. The van der Waals surface area contributed by atoms with Crippen LogP contribution in [0.25, 0.3) is 0 Å². The first-order valence-electron chi connectivity index (χ1n) is 6.76. The van der Waals surface area contributed by atoms with E-state index in [1.165, 1.54) is 19.5 Å². The molecule has 3 heteroatoms. The highest BCUT2D eigenvalue weighted by atomic mass is 16.5. The first-order valence-corrected chi connectivity index (χ1v) is 6.76. The van der Waals surface area contributed by atoms with Gasteiger partial charge in [-0.25, -0.2) is 0 Å². The number of hydrogen-bond donors (Lipinski definition) is 1. The van der Waals surface area contributed by atoms with Gasteiger partial charge in [-0.05, 0) is 36.9 Å². The number of nitrogens with zero attached hydrogens (tertiary/aromatic N) is 1. The smallest absolute Gasteiger partial charge is 0.142 e. The second-order valence-corrected chi connectivity index (χ2v) is 5.93. The molecule has 1 aromatic carbocycles. The van der Waals surface area contributed by atoms with E-state index in [2.05, 4.69) is 18.7 Å². The van der Waals surface area contributed by atoms with Crippen LogP contribution >= 0.6 is 0 Å². The maximum absolute atomic E-state index is 5.83. The molecule has 0 unspecified atom stereocenters. The van der Waals surface area contributed by atoms with Crippen molar-refractivity contribution in [2.24, 2.45) is 5.41 Å². The molecule has 0 saturated carbocycles. The summed E-state index contributed by atoms with van der Waals surface area (Å²) < 4.78 is 5.70. The number of likely N-dealkylation sites (tertiary alicyclic amines) is 1. The molecule has 0 atom stereocenters. The molecule has 2 N–H and O–H groups in total. The van der Waals surface area contributed by atoms with E-state index >= 15 is 0 Å². The summed E-state index contributed by atoms with van der Waals surface area (Å²) in [5.74, 6) is 0.805. The predicted molar refractivity (Wildman–Crippen MR) is 75.8 cm³/mol. The van der Waals surface area contributed by atoms with Gasteiger partial charge >= 0.3 is 0 Å². The van der Waals surface area contributed by atoms with E-state index in [0.717, 1.165) is 31.0 Å². The lowest BCUT2D eigenvalue weighted by Crippen LogP contribution is -2.25. The van der Waals surface area contributed by atoms with E-state index in [0.29, 0.717) is 5.41 Å². The summed E-state index contributed by atoms with van der Waals surface area (Å²) in [6.07, 6.45) is 2.36. The van der Waals surface area contributed by atoms with Gasteiger partial charge in [0, 0.05) is 13.1 Å².